The standard InChI is InChI=1S/C14H22N2OS.ClH/c1-10(2)18-9-12-5-4-6-13(11(12)3)16-14(17)7-8-15;/h4-6,10H,7-9,15H2,1-3H3,(H,16,17);1H. The molecule has 19 heavy (non-hydrogen) atoms. The molecule has 0 radical (unpaired) electrons. The molecular weight excluding hydrogens is 280 g/mol. The van der Waals surface area contributed by atoms with E-state index in [2.05, 4.69) is 25.2 Å². The lowest BCUT2D eigenvalue weighted by Crippen LogP contribution is -2.17. The molecular formula is C14H23ClN2OS. The molecule has 108 valence electrons. The zero-order valence-electron chi connectivity index (χ0n) is 11.7. The fraction of sp³-hybridized carbons (Fsp3) is 0.500. The Balaban J connectivity index is 0.00000324. The molecule has 0 unspecified atom stereocenters. The Hall–Kier alpha value is -0.710. The molecule has 0 bridgehead atoms. The van der Waals surface area contributed by atoms with E-state index in [1.54, 1.807) is 0 Å². The van der Waals surface area contributed by atoms with Crippen molar-refractivity contribution in [1.29, 1.82) is 0 Å². The number of amides is 1. The first-order chi connectivity index (χ1) is 8.54. The number of anilines is 1. The third-order valence-corrected chi connectivity index (χ3v) is 3.81. The maximum absolute atomic E-state index is 11.5. The lowest BCUT2D eigenvalue weighted by Gasteiger charge is -2.13. The normalized spacial score (nSPS) is 10.2. The van der Waals surface area contributed by atoms with Crippen LogP contribution in [-0.2, 0) is 10.5 Å². The van der Waals surface area contributed by atoms with Crippen molar-refractivity contribution in [3.63, 3.8) is 0 Å². The van der Waals surface area contributed by atoms with Gasteiger partial charge in [-0.1, -0.05) is 26.0 Å². The van der Waals surface area contributed by atoms with Crippen LogP contribution in [0.15, 0.2) is 18.2 Å². The summed E-state index contributed by atoms with van der Waals surface area (Å²) >= 11 is 1.90. The highest BCUT2D eigenvalue weighted by Crippen LogP contribution is 2.24. The van der Waals surface area contributed by atoms with Crippen molar-refractivity contribution in [2.75, 3.05) is 11.9 Å². The number of hydrogen-bond donors (Lipinski definition) is 2. The monoisotopic (exact) mass is 302 g/mol. The van der Waals surface area contributed by atoms with Crippen LogP contribution in [0.2, 0.25) is 0 Å². The van der Waals surface area contributed by atoms with E-state index in [9.17, 15) is 4.79 Å². The minimum absolute atomic E-state index is 0. The molecule has 1 rings (SSSR count). The summed E-state index contributed by atoms with van der Waals surface area (Å²) in [7, 11) is 0. The summed E-state index contributed by atoms with van der Waals surface area (Å²) in [5.41, 5.74) is 8.69. The molecule has 0 spiro atoms. The highest BCUT2D eigenvalue weighted by Gasteiger charge is 2.07. The van der Waals surface area contributed by atoms with Crippen LogP contribution < -0.4 is 11.1 Å². The third kappa shape index (κ3) is 6.32. The molecule has 0 fully saturated rings. The summed E-state index contributed by atoms with van der Waals surface area (Å²) in [6, 6.07) is 6.04. The lowest BCUT2D eigenvalue weighted by atomic mass is 10.1. The number of rotatable bonds is 6. The van der Waals surface area contributed by atoms with Crippen molar-refractivity contribution in [1.82, 2.24) is 0 Å². The van der Waals surface area contributed by atoms with Gasteiger partial charge >= 0.3 is 0 Å². The Kier molecular flexibility index (Phi) is 8.89. The molecule has 3 N–H and O–H groups in total. The number of nitrogens with one attached hydrogen (secondary N) is 1. The molecule has 0 saturated carbocycles. The van der Waals surface area contributed by atoms with E-state index >= 15 is 0 Å². The van der Waals surface area contributed by atoms with E-state index < -0.39 is 0 Å². The number of halogens is 1. The molecule has 1 aromatic carbocycles. The summed E-state index contributed by atoms with van der Waals surface area (Å²) in [5.74, 6) is 0.957. The van der Waals surface area contributed by atoms with Gasteiger partial charge in [0.2, 0.25) is 5.91 Å². The van der Waals surface area contributed by atoms with Crippen LogP contribution in [0.5, 0.6) is 0 Å². The van der Waals surface area contributed by atoms with Crippen molar-refractivity contribution < 1.29 is 4.79 Å². The average Bonchev–Trinajstić information content (AvgIpc) is 2.30. The van der Waals surface area contributed by atoms with E-state index in [0.29, 0.717) is 18.2 Å². The van der Waals surface area contributed by atoms with Crippen LogP contribution in [0.4, 0.5) is 5.69 Å². The first-order valence-electron chi connectivity index (χ1n) is 6.24. The maximum Gasteiger partial charge on any atom is 0.225 e. The van der Waals surface area contributed by atoms with Crippen LogP contribution >= 0.6 is 24.2 Å². The summed E-state index contributed by atoms with van der Waals surface area (Å²) < 4.78 is 0. The second-order valence-corrected chi connectivity index (χ2v) is 6.10. The molecule has 1 aromatic rings. The molecule has 0 saturated heterocycles. The van der Waals surface area contributed by atoms with E-state index in [0.717, 1.165) is 17.0 Å². The van der Waals surface area contributed by atoms with Crippen molar-refractivity contribution in [2.45, 2.75) is 38.2 Å². The quantitative estimate of drug-likeness (QED) is 0.847. The number of carbonyl (C=O) groups is 1. The van der Waals surface area contributed by atoms with Gasteiger partial charge in [-0.15, -0.1) is 12.4 Å². The second kappa shape index (κ2) is 9.23. The first kappa shape index (κ1) is 18.3. The van der Waals surface area contributed by atoms with Crippen LogP contribution in [0, 0.1) is 6.92 Å². The topological polar surface area (TPSA) is 55.1 Å². The average molecular weight is 303 g/mol. The zero-order chi connectivity index (χ0) is 13.5. The van der Waals surface area contributed by atoms with E-state index in [-0.39, 0.29) is 18.3 Å². The van der Waals surface area contributed by atoms with Crippen LogP contribution in [0.25, 0.3) is 0 Å². The van der Waals surface area contributed by atoms with Gasteiger partial charge < -0.3 is 11.1 Å². The Bertz CT molecular complexity index is 410. The van der Waals surface area contributed by atoms with Crippen molar-refractivity contribution in [3.05, 3.63) is 29.3 Å². The van der Waals surface area contributed by atoms with Gasteiger partial charge in [0.15, 0.2) is 0 Å². The van der Waals surface area contributed by atoms with Crippen molar-refractivity contribution in [3.8, 4) is 0 Å². The minimum Gasteiger partial charge on any atom is -0.330 e. The number of carbonyl (C=O) groups excluding carboxylic acids is 1. The largest absolute Gasteiger partial charge is 0.330 e. The number of nitrogens with two attached hydrogens (primary N) is 1. The Morgan fingerprint density at radius 1 is 1.42 bits per heavy atom. The number of thioether (sulfide) groups is 1. The predicted octanol–water partition coefficient (Wildman–Crippen LogP) is 3.35. The second-order valence-electron chi connectivity index (χ2n) is 4.54. The molecule has 1 amide bonds. The Labute approximate surface area is 126 Å². The smallest absolute Gasteiger partial charge is 0.225 e. The van der Waals surface area contributed by atoms with Gasteiger partial charge in [-0.2, -0.15) is 11.8 Å². The molecule has 5 heteroatoms. The van der Waals surface area contributed by atoms with Crippen LogP contribution in [-0.4, -0.2) is 17.7 Å². The summed E-state index contributed by atoms with van der Waals surface area (Å²) in [6.07, 6.45) is 0.365. The van der Waals surface area contributed by atoms with E-state index in [1.807, 2.05) is 30.8 Å². The maximum atomic E-state index is 11.5. The van der Waals surface area contributed by atoms with Crippen molar-refractivity contribution >= 4 is 35.8 Å². The molecule has 0 atom stereocenters. The highest BCUT2D eigenvalue weighted by molar-refractivity contribution is 7.99. The van der Waals surface area contributed by atoms with Crippen LogP contribution in [0.1, 0.15) is 31.4 Å². The summed E-state index contributed by atoms with van der Waals surface area (Å²) in [5, 5.41) is 3.52. The van der Waals surface area contributed by atoms with E-state index in [1.165, 1.54) is 5.56 Å². The fourth-order valence-corrected chi connectivity index (χ4v) is 2.40. The van der Waals surface area contributed by atoms with Gasteiger partial charge in [0, 0.05) is 24.4 Å². The van der Waals surface area contributed by atoms with Gasteiger partial charge in [0.25, 0.3) is 0 Å². The highest BCUT2D eigenvalue weighted by atomic mass is 35.5. The van der Waals surface area contributed by atoms with Gasteiger partial charge in [-0.25, -0.2) is 0 Å². The molecule has 0 aromatic heterocycles. The van der Waals surface area contributed by atoms with Crippen molar-refractivity contribution in [2.24, 2.45) is 5.73 Å². The summed E-state index contributed by atoms with van der Waals surface area (Å²) in [6.45, 7) is 6.81. The molecule has 3 nitrogen and oxygen atoms in total. The van der Waals surface area contributed by atoms with Crippen LogP contribution in [0.3, 0.4) is 0 Å². The Morgan fingerprint density at radius 2 is 2.11 bits per heavy atom. The number of benzene rings is 1. The molecule has 0 heterocycles. The first-order valence-corrected chi connectivity index (χ1v) is 7.29. The fourth-order valence-electron chi connectivity index (χ4n) is 1.58. The number of hydrogen-bond acceptors (Lipinski definition) is 3. The molecule has 0 aliphatic carbocycles. The SMILES string of the molecule is Cc1c(CSC(C)C)cccc1NC(=O)CCN.Cl. The zero-order valence-corrected chi connectivity index (χ0v) is 13.4. The minimum atomic E-state index is -0.0192. The van der Waals surface area contributed by atoms with Gasteiger partial charge in [-0.3, -0.25) is 4.79 Å². The lowest BCUT2D eigenvalue weighted by molar-refractivity contribution is -0.116. The van der Waals surface area contributed by atoms with Gasteiger partial charge in [0.1, 0.15) is 0 Å². The van der Waals surface area contributed by atoms with Gasteiger partial charge in [-0.05, 0) is 29.4 Å². The van der Waals surface area contributed by atoms with Gasteiger partial charge in [0.05, 0.1) is 0 Å². The molecule has 0 aliphatic rings. The molecule has 0 aliphatic heterocycles. The third-order valence-electron chi connectivity index (χ3n) is 2.66. The van der Waals surface area contributed by atoms with E-state index in [4.69, 9.17) is 5.73 Å². The Morgan fingerprint density at radius 3 is 2.68 bits per heavy atom. The predicted molar refractivity (Wildman–Crippen MR) is 87.2 cm³/mol. The summed E-state index contributed by atoms with van der Waals surface area (Å²) in [4.78, 5) is 11.5.